The van der Waals surface area contributed by atoms with Crippen LogP contribution in [-0.2, 0) is 11.3 Å². The molecule has 1 aromatic rings. The summed E-state index contributed by atoms with van der Waals surface area (Å²) in [6.45, 7) is 2.77. The first-order chi connectivity index (χ1) is 13.0. The second-order valence-corrected chi connectivity index (χ2v) is 8.47. The maximum absolute atomic E-state index is 12.9. The van der Waals surface area contributed by atoms with Gasteiger partial charge in [0.25, 0.3) is 0 Å². The molecular weight excluding hydrogens is 360 g/mol. The summed E-state index contributed by atoms with van der Waals surface area (Å²) in [6, 6.07) is 7.17. The summed E-state index contributed by atoms with van der Waals surface area (Å²) in [7, 11) is 2.12. The van der Waals surface area contributed by atoms with Gasteiger partial charge in [0.05, 0.1) is 11.4 Å². The normalized spacial score (nSPS) is 25.8. The maximum atomic E-state index is 12.9. The molecule has 2 atom stereocenters. The van der Waals surface area contributed by atoms with Crippen LogP contribution in [0.4, 0.5) is 0 Å². The van der Waals surface area contributed by atoms with Crippen LogP contribution >= 0.6 is 11.6 Å². The highest BCUT2D eigenvalue weighted by Gasteiger charge is 2.46. The molecule has 5 nitrogen and oxygen atoms in total. The number of allylic oxidation sites excluding steroid dienone is 1. The van der Waals surface area contributed by atoms with E-state index in [1.807, 2.05) is 30.5 Å². The lowest BCUT2D eigenvalue weighted by Gasteiger charge is -2.37. The highest BCUT2D eigenvalue weighted by atomic mass is 35.5. The summed E-state index contributed by atoms with van der Waals surface area (Å²) in [4.78, 5) is 15.2. The number of benzene rings is 1. The van der Waals surface area contributed by atoms with Crippen LogP contribution in [0.5, 0.6) is 0 Å². The first-order valence-corrected chi connectivity index (χ1v) is 10.0. The third-order valence-corrected chi connectivity index (χ3v) is 6.58. The van der Waals surface area contributed by atoms with Crippen LogP contribution in [0.1, 0.15) is 38.2 Å². The molecule has 3 N–H and O–H groups in total. The number of hydrogen-bond acceptors (Lipinski definition) is 4. The summed E-state index contributed by atoms with van der Waals surface area (Å²) in [5.41, 5.74) is 3.22. The molecule has 144 valence electrons. The van der Waals surface area contributed by atoms with Gasteiger partial charge in [0.2, 0.25) is 5.91 Å². The van der Waals surface area contributed by atoms with E-state index >= 15 is 0 Å². The number of amides is 1. The minimum atomic E-state index is -0.412. The van der Waals surface area contributed by atoms with Gasteiger partial charge in [-0.15, -0.1) is 0 Å². The van der Waals surface area contributed by atoms with Gasteiger partial charge >= 0.3 is 0 Å². The molecule has 0 radical (unpaired) electrons. The highest BCUT2D eigenvalue weighted by Crippen LogP contribution is 2.44. The summed E-state index contributed by atoms with van der Waals surface area (Å²) in [6.07, 6.45) is 9.15. The van der Waals surface area contributed by atoms with Crippen LogP contribution in [0.15, 0.2) is 47.9 Å². The van der Waals surface area contributed by atoms with E-state index in [4.69, 9.17) is 11.6 Å². The summed E-state index contributed by atoms with van der Waals surface area (Å²) >= 11 is 6.20. The zero-order chi connectivity index (χ0) is 19.0. The van der Waals surface area contributed by atoms with Crippen molar-refractivity contribution in [1.82, 2.24) is 20.9 Å². The fourth-order valence-electron chi connectivity index (χ4n) is 4.62. The number of halogens is 1. The summed E-state index contributed by atoms with van der Waals surface area (Å²) in [5.74, 6) is -0.0510. The second-order valence-electron chi connectivity index (χ2n) is 8.06. The first-order valence-electron chi connectivity index (χ1n) is 9.67. The molecule has 4 rings (SSSR count). The largest absolute Gasteiger partial charge is 0.375 e. The Labute approximate surface area is 165 Å². The van der Waals surface area contributed by atoms with E-state index in [-0.39, 0.29) is 17.5 Å². The Morgan fingerprint density at radius 1 is 1.33 bits per heavy atom. The number of dihydropyridines is 1. The highest BCUT2D eigenvalue weighted by molar-refractivity contribution is 6.31. The van der Waals surface area contributed by atoms with Crippen molar-refractivity contribution >= 4 is 17.5 Å². The van der Waals surface area contributed by atoms with E-state index in [1.54, 1.807) is 0 Å². The van der Waals surface area contributed by atoms with E-state index in [9.17, 15) is 4.79 Å². The van der Waals surface area contributed by atoms with Gasteiger partial charge in [0.1, 0.15) is 12.2 Å². The molecule has 1 saturated carbocycles. The molecule has 2 heterocycles. The zero-order valence-electron chi connectivity index (χ0n) is 15.9. The van der Waals surface area contributed by atoms with Crippen molar-refractivity contribution < 1.29 is 4.79 Å². The molecule has 0 aromatic heterocycles. The van der Waals surface area contributed by atoms with Crippen molar-refractivity contribution in [1.29, 1.82) is 0 Å². The number of nitrogens with one attached hydrogen (secondary N) is 3. The maximum Gasteiger partial charge on any atom is 0.249 e. The third kappa shape index (κ3) is 3.29. The Bertz CT molecular complexity index is 797. The molecule has 2 unspecified atom stereocenters. The molecule has 3 aliphatic rings. The smallest absolute Gasteiger partial charge is 0.249 e. The number of nitrogens with zero attached hydrogens (tertiary/aromatic N) is 1. The Hall–Kier alpha value is -2.14. The molecular formula is C21H27ClN4O. The Kier molecular flexibility index (Phi) is 4.81. The molecule has 2 aliphatic heterocycles. The molecule has 1 aromatic carbocycles. The van der Waals surface area contributed by atoms with E-state index in [2.05, 4.69) is 40.9 Å². The van der Waals surface area contributed by atoms with Crippen LogP contribution in [0.2, 0.25) is 5.02 Å². The third-order valence-electron chi connectivity index (χ3n) is 6.21. The van der Waals surface area contributed by atoms with Gasteiger partial charge in [-0.25, -0.2) is 0 Å². The van der Waals surface area contributed by atoms with E-state index in [1.165, 1.54) is 25.7 Å². The fourth-order valence-corrected chi connectivity index (χ4v) is 4.83. The van der Waals surface area contributed by atoms with Gasteiger partial charge in [0.15, 0.2) is 0 Å². The number of carbonyl (C=O) groups is 1. The molecule has 1 aliphatic carbocycles. The van der Waals surface area contributed by atoms with Gasteiger partial charge < -0.3 is 20.9 Å². The predicted octanol–water partition coefficient (Wildman–Crippen LogP) is 3.09. The average molecular weight is 387 g/mol. The lowest BCUT2D eigenvalue weighted by atomic mass is 9.84. The fraction of sp³-hybridized carbons (Fsp3) is 0.476. The molecule has 0 bridgehead atoms. The van der Waals surface area contributed by atoms with Crippen molar-refractivity contribution in [2.45, 2.75) is 51.4 Å². The van der Waals surface area contributed by atoms with E-state index < -0.39 is 6.04 Å². The molecule has 0 spiro atoms. The Morgan fingerprint density at radius 2 is 2.07 bits per heavy atom. The minimum Gasteiger partial charge on any atom is -0.375 e. The van der Waals surface area contributed by atoms with Crippen LogP contribution in [-0.4, -0.2) is 30.1 Å². The monoisotopic (exact) mass is 386 g/mol. The van der Waals surface area contributed by atoms with Crippen LogP contribution in [0.3, 0.4) is 0 Å². The van der Waals surface area contributed by atoms with Crippen molar-refractivity contribution in [3.05, 3.63) is 58.5 Å². The topological polar surface area (TPSA) is 56.4 Å². The van der Waals surface area contributed by atoms with E-state index in [0.717, 1.165) is 17.0 Å². The van der Waals surface area contributed by atoms with Gasteiger partial charge in [-0.3, -0.25) is 4.79 Å². The number of rotatable bonds is 4. The SMILES string of the molecule is CN1C2=C(NC1C1(C)CCCC1)C(C(=O)NCc1ccccc1Cl)NC=C2. The van der Waals surface area contributed by atoms with Crippen LogP contribution in [0.25, 0.3) is 0 Å². The van der Waals surface area contributed by atoms with Crippen LogP contribution < -0.4 is 16.0 Å². The number of carbonyl (C=O) groups excluding carboxylic acids is 1. The first kappa shape index (κ1) is 18.2. The number of likely N-dealkylation sites (N-methyl/N-ethyl adjacent to an activating group) is 1. The standard InChI is InChI=1S/C21H27ClN4O/c1-21(10-5-6-11-21)20-25-17-16(26(20)2)9-12-23-18(17)19(27)24-13-14-7-3-4-8-15(14)22/h3-4,7-9,12,18,20,23,25H,5-6,10-11,13H2,1-2H3,(H,24,27). The van der Waals surface area contributed by atoms with E-state index in [0.29, 0.717) is 11.6 Å². The van der Waals surface area contributed by atoms with Crippen molar-refractivity contribution in [2.75, 3.05) is 7.05 Å². The molecule has 27 heavy (non-hydrogen) atoms. The average Bonchev–Trinajstić information content (AvgIpc) is 3.25. The van der Waals surface area contributed by atoms with Crippen molar-refractivity contribution in [3.8, 4) is 0 Å². The zero-order valence-corrected chi connectivity index (χ0v) is 16.6. The Morgan fingerprint density at radius 3 is 2.81 bits per heavy atom. The predicted molar refractivity (Wildman–Crippen MR) is 108 cm³/mol. The molecule has 0 saturated heterocycles. The van der Waals surface area contributed by atoms with Crippen LogP contribution in [0, 0.1) is 5.41 Å². The molecule has 1 amide bonds. The Balaban J connectivity index is 1.48. The van der Waals surface area contributed by atoms with Gasteiger partial charge in [-0.05, 0) is 36.7 Å². The van der Waals surface area contributed by atoms with Gasteiger partial charge in [-0.1, -0.05) is 49.6 Å². The number of hydrogen-bond donors (Lipinski definition) is 3. The second kappa shape index (κ2) is 7.12. The quantitative estimate of drug-likeness (QED) is 0.744. The summed E-state index contributed by atoms with van der Waals surface area (Å²) < 4.78 is 0. The van der Waals surface area contributed by atoms with Gasteiger partial charge in [-0.2, -0.15) is 0 Å². The lowest BCUT2D eigenvalue weighted by molar-refractivity contribution is -0.122. The van der Waals surface area contributed by atoms with Gasteiger partial charge in [0, 0.05) is 24.0 Å². The minimum absolute atomic E-state index is 0.0510. The van der Waals surface area contributed by atoms with Crippen molar-refractivity contribution in [2.24, 2.45) is 5.41 Å². The summed E-state index contributed by atoms with van der Waals surface area (Å²) in [5, 5.41) is 10.6. The lowest BCUT2D eigenvalue weighted by Crippen LogP contribution is -2.50. The molecule has 6 heteroatoms. The molecule has 1 fully saturated rings. The van der Waals surface area contributed by atoms with Crippen molar-refractivity contribution in [3.63, 3.8) is 0 Å².